The Kier molecular flexibility index (Phi) is 26.0. The molecule has 12 rings (SSSR count). The van der Waals surface area contributed by atoms with Crippen LogP contribution in [0.5, 0.6) is 0 Å². The summed E-state index contributed by atoms with van der Waals surface area (Å²) in [6, 6.07) is 1.47. The van der Waals surface area contributed by atoms with Crippen molar-refractivity contribution in [2.45, 2.75) is 166 Å². The highest BCUT2D eigenvalue weighted by atomic mass is 32.9. The number of aryl methyl sites for hydroxylation is 2. The monoisotopic (exact) mass is 1750 g/mol. The zero-order valence-electron chi connectivity index (χ0n) is 57.9. The Morgan fingerprint density at radius 3 is 1.37 bits per heavy atom. The predicted molar refractivity (Wildman–Crippen MR) is 403 cm³/mol. The standard InChI is InChI=1S/C55H76N17O25P5S7/c1-23(2)27-9-38(68-8-7-37(56)61-53(68)77)88-32(27)16-86-101(106,107)96-30-12-39(69-14-25(5)47(73)66-54(69)78)89-34(30)18-85-100(82,105)95-29-11-42(72-22-60-44-46(72)63-52(58)65-50(44)76)92-36(29)20-87-102(108,109)97-31-13-40(70-15-26(6)48(74)67-55(70)79)90-35(31)19-84-99(81,104)94-28-10-41(91-33(28)17-83-98(80,103)93-24(3)4)71-21-59-43-45(71)62-51(57)64-49(43)75/h7-8,14-15,21-24,27-36,38-42H,9-13,16-20H2,1-6H3,(H,80,103)(H,81,104)(H,82,105)(H,106,107)(H,108,109)(H2,56,61,77)(H,66,73,78)(H,67,74,79)(H3,57,62,64,75)(H3,58,63,65,76)/p-5/t27-,28+,29+,30+,31+,32+,33+,34+,35+,36+,38+,39+,40+,41+,42+,98?,99?,100?/m0/s1. The summed E-state index contributed by atoms with van der Waals surface area (Å²) in [6.45, 7) is -6.44. The van der Waals surface area contributed by atoms with Gasteiger partial charge in [0, 0.05) is 55.4 Å². The van der Waals surface area contributed by atoms with E-state index in [0.717, 1.165) is 9.13 Å². The number of anilines is 3. The van der Waals surface area contributed by atoms with Crippen molar-refractivity contribution in [2.75, 3.05) is 50.2 Å². The number of fused-ring (bicyclic) bond motifs is 2. The Bertz CT molecular complexity index is 5280. The van der Waals surface area contributed by atoms with Crippen LogP contribution in [-0.2, 0) is 157 Å². The van der Waals surface area contributed by atoms with Gasteiger partial charge in [-0.2, -0.15) is 15.0 Å². The first-order valence-corrected chi connectivity index (χ1v) is 48.0. The quantitative estimate of drug-likeness (QED) is 0.0236. The number of imidazole rings is 2. The van der Waals surface area contributed by atoms with Gasteiger partial charge in [0.25, 0.3) is 22.2 Å². The Morgan fingerprint density at radius 2 is 0.917 bits per heavy atom. The number of hydrogen-bond donors (Lipinski definition) is 7. The van der Waals surface area contributed by atoms with Gasteiger partial charge in [0.05, 0.1) is 93.7 Å². The van der Waals surface area contributed by atoms with E-state index in [-0.39, 0.29) is 95.3 Å². The number of nitrogens with one attached hydrogen (secondary N) is 4. The number of nitrogens with two attached hydrogens (primary N) is 3. The molecule has 0 radical (unpaired) electrons. The van der Waals surface area contributed by atoms with Crippen molar-refractivity contribution in [1.29, 1.82) is 0 Å². The summed E-state index contributed by atoms with van der Waals surface area (Å²) >= 11 is 39.4. The zero-order chi connectivity index (χ0) is 78.7. The second kappa shape index (κ2) is 33.8. The van der Waals surface area contributed by atoms with E-state index >= 15 is 0 Å². The summed E-state index contributed by atoms with van der Waals surface area (Å²) < 4.78 is 112. The molecule has 42 nitrogen and oxygen atoms in total. The number of nitrogens with zero attached hydrogens (tertiary/aromatic N) is 10. The van der Waals surface area contributed by atoms with Crippen molar-refractivity contribution in [1.82, 2.24) is 67.7 Å². The third-order valence-electron chi connectivity index (χ3n) is 17.8. The molecule has 5 saturated heterocycles. The third-order valence-corrected chi connectivity index (χ3v) is 27.0. The van der Waals surface area contributed by atoms with E-state index in [2.05, 4.69) is 44.9 Å². The number of aromatic amines is 4. The van der Waals surface area contributed by atoms with Gasteiger partial charge in [-0.05, 0) is 52.0 Å². The van der Waals surface area contributed by atoms with Gasteiger partial charge in [-0.25, -0.2) is 24.4 Å². The molecule has 12 heterocycles. The summed E-state index contributed by atoms with van der Waals surface area (Å²) in [5.74, 6) is -0.616. The summed E-state index contributed by atoms with van der Waals surface area (Å²) in [5.41, 5.74) is 4.64. The summed E-state index contributed by atoms with van der Waals surface area (Å²) in [5, 5.41) is 0. The molecule has 0 amide bonds. The second-order valence-electron chi connectivity index (χ2n) is 26.2. The first kappa shape index (κ1) is 84.0. The molecule has 5 aliphatic heterocycles. The molecule has 0 spiro atoms. The maximum Gasteiger partial charge on any atom is 0.351 e. The van der Waals surface area contributed by atoms with Gasteiger partial charge in [0.15, 0.2) is 29.1 Å². The van der Waals surface area contributed by atoms with E-state index in [0.29, 0.717) is 6.42 Å². The van der Waals surface area contributed by atoms with Crippen LogP contribution >= 0.6 is 31.6 Å². The molecule has 54 heteroatoms. The van der Waals surface area contributed by atoms with Gasteiger partial charge in [0.1, 0.15) is 74.8 Å². The number of hydrogen-bond acceptors (Lipinski definition) is 40. The van der Waals surface area contributed by atoms with Crippen LogP contribution in [0.3, 0.4) is 0 Å². The van der Waals surface area contributed by atoms with Gasteiger partial charge >= 0.3 is 17.1 Å². The minimum Gasteiger partial charge on any atom is -0.780 e. The highest BCUT2D eigenvalue weighted by Crippen LogP contribution is 2.57. The average molecular weight is 1750 g/mol. The van der Waals surface area contributed by atoms with E-state index in [1.54, 1.807) is 13.8 Å². The first-order chi connectivity index (χ1) is 51.2. The molecule has 10 N–H and O–H groups in total. The largest absolute Gasteiger partial charge is 0.780 e. The van der Waals surface area contributed by atoms with Crippen molar-refractivity contribution >= 4 is 156 Å². The molecule has 0 aromatic carbocycles. The number of rotatable bonds is 31. The Labute approximate surface area is 651 Å². The molecule has 5 fully saturated rings. The maximum atomic E-state index is 14.8. The van der Waals surface area contributed by atoms with Crippen LogP contribution in [0.1, 0.15) is 102 Å². The lowest BCUT2D eigenvalue weighted by Gasteiger charge is -2.37. The molecular formula is C55H71N17O25P5S7-5. The van der Waals surface area contributed by atoms with Crippen molar-refractivity contribution < 1.29 is 83.3 Å². The van der Waals surface area contributed by atoms with E-state index in [1.165, 1.54) is 64.9 Å². The van der Waals surface area contributed by atoms with Crippen molar-refractivity contribution in [3.63, 3.8) is 0 Å². The van der Waals surface area contributed by atoms with Crippen LogP contribution in [0.2, 0.25) is 0 Å². The molecule has 7 aromatic rings. The fourth-order valence-corrected chi connectivity index (χ4v) is 21.2. The first-order valence-electron chi connectivity index (χ1n) is 33.1. The van der Waals surface area contributed by atoms with Crippen LogP contribution in [0.4, 0.5) is 17.7 Å². The lowest BCUT2D eigenvalue weighted by atomic mass is 9.89. The van der Waals surface area contributed by atoms with Crippen LogP contribution in [-0.4, -0.2) is 162 Å². The summed E-state index contributed by atoms with van der Waals surface area (Å²) in [4.78, 5) is 148. The minimum atomic E-state index is -4.79. The Hall–Kier alpha value is -4.46. The minimum absolute atomic E-state index is 0.000921. The van der Waals surface area contributed by atoms with Gasteiger partial charge in [-0.15, -0.1) is 0 Å². The highest BCUT2D eigenvalue weighted by Gasteiger charge is 2.47. The molecule has 5 aliphatic rings. The van der Waals surface area contributed by atoms with Crippen LogP contribution in [0, 0.1) is 25.7 Å². The predicted octanol–water partition coefficient (Wildman–Crippen LogP) is 1.10. The van der Waals surface area contributed by atoms with E-state index in [1.807, 2.05) is 13.8 Å². The van der Waals surface area contributed by atoms with E-state index in [4.69, 9.17) is 170 Å². The van der Waals surface area contributed by atoms with E-state index < -0.39 is 190 Å². The third kappa shape index (κ3) is 20.3. The second-order valence-corrected chi connectivity index (χ2v) is 44.2. The van der Waals surface area contributed by atoms with E-state index in [9.17, 15) is 47.9 Å². The molecule has 0 aliphatic carbocycles. The molecule has 0 bridgehead atoms. The number of aromatic nitrogens is 14. The number of H-pyrrole nitrogens is 4. The molecule has 5 unspecified atom stereocenters. The molecular weight excluding hydrogens is 1680 g/mol. The lowest BCUT2D eigenvalue weighted by Crippen LogP contribution is -2.34. The van der Waals surface area contributed by atoms with Crippen LogP contribution in [0.25, 0.3) is 22.3 Å². The number of nitrogen functional groups attached to an aromatic ring is 3. The van der Waals surface area contributed by atoms with Crippen LogP contribution < -0.4 is 66.3 Å². The van der Waals surface area contributed by atoms with Gasteiger partial charge < -0.3 is 133 Å². The Morgan fingerprint density at radius 1 is 0.523 bits per heavy atom. The highest BCUT2D eigenvalue weighted by molar-refractivity contribution is 8.51. The van der Waals surface area contributed by atoms with Crippen LogP contribution in [0.15, 0.2) is 70.9 Å². The van der Waals surface area contributed by atoms with Crippen molar-refractivity contribution in [3.8, 4) is 0 Å². The average Bonchev–Trinajstić information content (AvgIpc) is 1.76. The Balaban J connectivity index is 0.758. The summed E-state index contributed by atoms with van der Waals surface area (Å²) in [6.07, 6.45) is -11.1. The SMILES string of the molecule is Cc1cn([C@H]2C[C@@H](OP(=S)([S-])OC[C@H]3O[C@@H](n4cnc5c(=O)[nH]c(N)nc54)C[C@H]3OP([O-])(=S)OC[C@H]3O[C@@H](n4cc(C)c(=O)[nH]c4=O)C[C@H]3OP(=S)([S-])OC[C@H]3O[C@@H](n4ccc(N)nc4=O)C[C@H]3C(C)C)[C@@H](COP(=O)([S-])O[C@@H]3C[C@H](n4cnc5c(=O)[nH]c(N)nc54)O[C@@H]3COP([O-])(=S)OC(C)C)O2)c(=O)[nH]c1=O. The van der Waals surface area contributed by atoms with Gasteiger partial charge in [-0.1, -0.05) is 61.1 Å². The molecule has 109 heavy (non-hydrogen) atoms. The van der Waals surface area contributed by atoms with Crippen molar-refractivity contribution in [2.24, 2.45) is 11.8 Å². The zero-order valence-corrected chi connectivity index (χ0v) is 68.0. The van der Waals surface area contributed by atoms with Crippen molar-refractivity contribution in [3.05, 3.63) is 121 Å². The molecule has 7 aromatic heterocycles. The smallest absolute Gasteiger partial charge is 0.351 e. The topological polar surface area (TPSA) is 551 Å². The van der Waals surface area contributed by atoms with Gasteiger partial charge in [-0.3, -0.25) is 66.5 Å². The molecule has 20 atom stereocenters. The normalized spacial score (nSPS) is 28.8. The maximum absolute atomic E-state index is 14.8. The van der Waals surface area contributed by atoms with Gasteiger partial charge in [0.2, 0.25) is 11.9 Å². The number of ether oxygens (including phenoxy) is 5. The molecule has 0 saturated carbocycles. The molecule has 598 valence electrons. The lowest BCUT2D eigenvalue weighted by molar-refractivity contribution is -0.215. The fraction of sp³-hybridized carbons (Fsp3) is 0.600. The summed E-state index contributed by atoms with van der Waals surface area (Å²) in [7, 11) is 0. The fourth-order valence-electron chi connectivity index (χ4n) is 12.8.